The van der Waals surface area contributed by atoms with Crippen LogP contribution in [0.25, 0.3) is 22.0 Å². The van der Waals surface area contributed by atoms with E-state index in [4.69, 9.17) is 9.47 Å². The van der Waals surface area contributed by atoms with E-state index in [2.05, 4.69) is 27.2 Å². The van der Waals surface area contributed by atoms with Gasteiger partial charge in [-0.2, -0.15) is 0 Å². The zero-order chi connectivity index (χ0) is 22.9. The van der Waals surface area contributed by atoms with E-state index in [1.54, 1.807) is 12.0 Å². The summed E-state index contributed by atoms with van der Waals surface area (Å²) in [5.74, 6) is 1.65. The summed E-state index contributed by atoms with van der Waals surface area (Å²) in [6.45, 7) is 9.61. The van der Waals surface area contributed by atoms with Crippen LogP contribution < -0.4 is 9.64 Å². The van der Waals surface area contributed by atoms with Gasteiger partial charge in [-0.25, -0.2) is 4.79 Å². The average molecular weight is 435 g/mol. The molecule has 4 rings (SSSR count). The number of rotatable bonds is 3. The zero-order valence-corrected chi connectivity index (χ0v) is 19.3. The highest BCUT2D eigenvalue weighted by atomic mass is 16.6. The highest BCUT2D eigenvalue weighted by Crippen LogP contribution is 2.33. The molecule has 7 nitrogen and oxygen atoms in total. The number of hydrogen-bond acceptors (Lipinski definition) is 6. The second kappa shape index (κ2) is 8.65. The molecule has 0 radical (unpaired) electrons. The molecule has 2 heterocycles. The van der Waals surface area contributed by atoms with E-state index in [0.29, 0.717) is 19.6 Å². The Morgan fingerprint density at radius 2 is 1.69 bits per heavy atom. The summed E-state index contributed by atoms with van der Waals surface area (Å²) in [5, 5.41) is 11.3. The Hall–Kier alpha value is -3.35. The molecule has 1 amide bonds. The van der Waals surface area contributed by atoms with Gasteiger partial charge in [-0.15, -0.1) is 10.2 Å². The van der Waals surface area contributed by atoms with Gasteiger partial charge in [-0.3, -0.25) is 0 Å². The smallest absolute Gasteiger partial charge is 0.410 e. The van der Waals surface area contributed by atoms with Crippen molar-refractivity contribution in [3.05, 3.63) is 48.5 Å². The van der Waals surface area contributed by atoms with Crippen LogP contribution in [-0.4, -0.2) is 59.6 Å². The highest BCUT2D eigenvalue weighted by Gasteiger charge is 2.32. The van der Waals surface area contributed by atoms with E-state index in [9.17, 15) is 4.79 Å². The summed E-state index contributed by atoms with van der Waals surface area (Å²) in [4.78, 5) is 16.6. The van der Waals surface area contributed by atoms with Crippen LogP contribution in [0.3, 0.4) is 0 Å². The molecule has 3 aromatic rings. The Kier molecular flexibility index (Phi) is 5.91. The molecule has 0 N–H and O–H groups in total. The molecule has 168 valence electrons. The second-order valence-corrected chi connectivity index (χ2v) is 9.12. The van der Waals surface area contributed by atoms with E-state index >= 15 is 0 Å². The van der Waals surface area contributed by atoms with Gasteiger partial charge < -0.3 is 19.3 Å². The number of methoxy groups -OCH3 is 1. The minimum absolute atomic E-state index is 0.000395. The molecule has 1 unspecified atom stereocenters. The molecule has 0 spiro atoms. The lowest BCUT2D eigenvalue weighted by Gasteiger charge is -2.40. The minimum Gasteiger partial charge on any atom is -0.497 e. The van der Waals surface area contributed by atoms with Crippen molar-refractivity contribution in [3.8, 4) is 17.0 Å². The predicted octanol–water partition coefficient (Wildman–Crippen LogP) is 4.75. The Labute approximate surface area is 188 Å². The van der Waals surface area contributed by atoms with E-state index < -0.39 is 5.60 Å². The molecule has 1 fully saturated rings. The number of benzene rings is 2. The molecule has 1 saturated heterocycles. The molecule has 7 heteroatoms. The van der Waals surface area contributed by atoms with Gasteiger partial charge in [0, 0.05) is 42.0 Å². The van der Waals surface area contributed by atoms with Crippen LogP contribution >= 0.6 is 0 Å². The third kappa shape index (κ3) is 4.47. The number of amides is 1. The van der Waals surface area contributed by atoms with Crippen LogP contribution in [0.1, 0.15) is 27.7 Å². The topological polar surface area (TPSA) is 67.8 Å². The number of carbonyl (C=O) groups excluding carboxylic acids is 1. The molecule has 0 saturated carbocycles. The first kappa shape index (κ1) is 21.9. The van der Waals surface area contributed by atoms with Crippen molar-refractivity contribution in [1.82, 2.24) is 15.1 Å². The molecule has 1 atom stereocenters. The fraction of sp³-hybridized carbons (Fsp3) is 0.400. The van der Waals surface area contributed by atoms with Gasteiger partial charge in [0.25, 0.3) is 0 Å². The normalized spacial score (nSPS) is 16.8. The maximum absolute atomic E-state index is 12.6. The number of aromatic nitrogens is 2. The largest absolute Gasteiger partial charge is 0.497 e. The van der Waals surface area contributed by atoms with Gasteiger partial charge in [0.1, 0.15) is 17.0 Å². The lowest BCUT2D eigenvalue weighted by atomic mass is 10.0. The molecule has 1 aromatic heterocycles. The Morgan fingerprint density at radius 1 is 1.00 bits per heavy atom. The highest BCUT2D eigenvalue weighted by molar-refractivity contribution is 6.00. The van der Waals surface area contributed by atoms with E-state index in [1.165, 1.54) is 0 Å². The van der Waals surface area contributed by atoms with Crippen LogP contribution in [0.15, 0.2) is 48.5 Å². The number of carbonyl (C=O) groups is 1. The van der Waals surface area contributed by atoms with Crippen molar-refractivity contribution in [1.29, 1.82) is 0 Å². The molecule has 32 heavy (non-hydrogen) atoms. The summed E-state index contributed by atoms with van der Waals surface area (Å²) in [7, 11) is 1.66. The number of ether oxygens (including phenoxy) is 2. The summed E-state index contributed by atoms with van der Waals surface area (Å²) in [6.07, 6.45) is -0.268. The average Bonchev–Trinajstić information content (AvgIpc) is 2.77. The fourth-order valence-corrected chi connectivity index (χ4v) is 4.03. The monoisotopic (exact) mass is 434 g/mol. The Morgan fingerprint density at radius 3 is 2.31 bits per heavy atom. The van der Waals surface area contributed by atoms with Gasteiger partial charge in [0.15, 0.2) is 5.82 Å². The molecule has 2 aromatic carbocycles. The first-order valence-electron chi connectivity index (χ1n) is 10.9. The predicted molar refractivity (Wildman–Crippen MR) is 126 cm³/mol. The molecular weight excluding hydrogens is 404 g/mol. The van der Waals surface area contributed by atoms with Crippen molar-refractivity contribution >= 4 is 22.7 Å². The van der Waals surface area contributed by atoms with Gasteiger partial charge in [0.2, 0.25) is 0 Å². The molecule has 1 aliphatic rings. The Bertz CT molecular complexity index is 1110. The Balaban J connectivity index is 1.61. The number of piperazine rings is 1. The summed E-state index contributed by atoms with van der Waals surface area (Å²) in [6, 6.07) is 16.0. The summed E-state index contributed by atoms with van der Waals surface area (Å²) < 4.78 is 10.8. The third-order valence-electron chi connectivity index (χ3n) is 5.59. The minimum atomic E-state index is -0.507. The summed E-state index contributed by atoms with van der Waals surface area (Å²) >= 11 is 0. The number of anilines is 1. The van der Waals surface area contributed by atoms with E-state index in [-0.39, 0.29) is 12.1 Å². The number of hydrogen-bond donors (Lipinski definition) is 0. The molecule has 0 aliphatic carbocycles. The number of nitrogens with zero attached hydrogens (tertiary/aromatic N) is 4. The van der Waals surface area contributed by atoms with Crippen molar-refractivity contribution < 1.29 is 14.3 Å². The molecule has 0 bridgehead atoms. The van der Waals surface area contributed by atoms with Crippen molar-refractivity contribution in [2.24, 2.45) is 0 Å². The van der Waals surface area contributed by atoms with Gasteiger partial charge in [-0.1, -0.05) is 24.3 Å². The standard InChI is InChI=1S/C25H30N4O3/c1-17-16-28(14-15-29(17)24(30)32-25(2,3)4)23-21-9-7-6-8-20(21)22(26-27-23)18-10-12-19(31-5)13-11-18/h6-13,17H,14-16H2,1-5H3. The molecule has 1 aliphatic heterocycles. The van der Waals surface area contributed by atoms with Crippen molar-refractivity contribution in [3.63, 3.8) is 0 Å². The van der Waals surface area contributed by atoms with Crippen molar-refractivity contribution in [2.75, 3.05) is 31.6 Å². The van der Waals surface area contributed by atoms with Crippen LogP contribution in [0.4, 0.5) is 10.6 Å². The third-order valence-corrected chi connectivity index (χ3v) is 5.59. The first-order valence-corrected chi connectivity index (χ1v) is 10.9. The maximum Gasteiger partial charge on any atom is 0.410 e. The van der Waals surface area contributed by atoms with Crippen LogP contribution in [0.2, 0.25) is 0 Å². The van der Waals surface area contributed by atoms with Crippen LogP contribution in [0, 0.1) is 0 Å². The van der Waals surface area contributed by atoms with E-state index in [0.717, 1.165) is 33.6 Å². The molecular formula is C25H30N4O3. The second-order valence-electron chi connectivity index (χ2n) is 9.12. The van der Waals surface area contributed by atoms with Gasteiger partial charge in [-0.05, 0) is 52.0 Å². The first-order chi connectivity index (χ1) is 15.3. The van der Waals surface area contributed by atoms with Gasteiger partial charge >= 0.3 is 6.09 Å². The van der Waals surface area contributed by atoms with E-state index in [1.807, 2.05) is 64.1 Å². The lowest BCUT2D eigenvalue weighted by Crippen LogP contribution is -2.55. The SMILES string of the molecule is COc1ccc(-c2nnc(N3CCN(C(=O)OC(C)(C)C)C(C)C3)c3ccccc23)cc1. The summed E-state index contributed by atoms with van der Waals surface area (Å²) in [5.41, 5.74) is 1.32. The fourth-order valence-electron chi connectivity index (χ4n) is 4.03. The zero-order valence-electron chi connectivity index (χ0n) is 19.3. The lowest BCUT2D eigenvalue weighted by molar-refractivity contribution is 0.0158. The van der Waals surface area contributed by atoms with Crippen LogP contribution in [-0.2, 0) is 4.74 Å². The quantitative estimate of drug-likeness (QED) is 0.593. The van der Waals surface area contributed by atoms with Crippen molar-refractivity contribution in [2.45, 2.75) is 39.3 Å². The maximum atomic E-state index is 12.6. The van der Waals surface area contributed by atoms with Crippen LogP contribution in [0.5, 0.6) is 5.75 Å². The number of fused-ring (bicyclic) bond motifs is 1. The van der Waals surface area contributed by atoms with Gasteiger partial charge in [0.05, 0.1) is 7.11 Å².